The average molecular weight is 267 g/mol. The Labute approximate surface area is 115 Å². The topological polar surface area (TPSA) is 78.0 Å². The zero-order chi connectivity index (χ0) is 13.9. The van der Waals surface area contributed by atoms with Gasteiger partial charge in [0, 0.05) is 0 Å². The van der Waals surface area contributed by atoms with E-state index in [9.17, 15) is 9.90 Å². The minimum Gasteiger partial charge on any atom is -0.508 e. The second-order valence-electron chi connectivity index (χ2n) is 4.50. The molecule has 0 aliphatic heterocycles. The van der Waals surface area contributed by atoms with Crippen molar-refractivity contribution >= 4 is 22.9 Å². The van der Waals surface area contributed by atoms with E-state index in [-0.39, 0.29) is 18.1 Å². The number of H-pyrrole nitrogens is 1. The molecule has 3 aromatic rings. The minimum absolute atomic E-state index is 0.152. The zero-order valence-corrected chi connectivity index (χ0v) is 10.6. The van der Waals surface area contributed by atoms with E-state index in [1.165, 1.54) is 0 Å². The summed E-state index contributed by atoms with van der Waals surface area (Å²) in [7, 11) is 0. The summed E-state index contributed by atoms with van der Waals surface area (Å²) in [6.07, 6.45) is 0.186. The van der Waals surface area contributed by atoms with Crippen molar-refractivity contribution in [2.45, 2.75) is 6.42 Å². The Morgan fingerprint density at radius 3 is 2.85 bits per heavy atom. The number of carbonyl (C=O) groups is 1. The normalized spacial score (nSPS) is 10.6. The fourth-order valence-electron chi connectivity index (χ4n) is 2.04. The van der Waals surface area contributed by atoms with Crippen LogP contribution in [0.25, 0.3) is 11.0 Å². The van der Waals surface area contributed by atoms with Crippen molar-refractivity contribution in [2.24, 2.45) is 0 Å². The second kappa shape index (κ2) is 5.05. The quantitative estimate of drug-likeness (QED) is 0.682. The average Bonchev–Trinajstić information content (AvgIpc) is 2.80. The van der Waals surface area contributed by atoms with Gasteiger partial charge in [0.05, 0.1) is 17.5 Å². The standard InChI is InChI=1S/C15H13N3O2/c19-11-5-3-4-10(8-11)9-14(20)18-15-16-12-6-1-2-7-13(12)17-15/h1-8,19H,9H2,(H2,16,17,18,20). The summed E-state index contributed by atoms with van der Waals surface area (Å²) < 4.78 is 0. The maximum atomic E-state index is 11.9. The number of phenols is 1. The predicted octanol–water partition coefficient (Wildman–Crippen LogP) is 2.45. The Balaban J connectivity index is 1.72. The molecule has 5 nitrogen and oxygen atoms in total. The second-order valence-corrected chi connectivity index (χ2v) is 4.50. The maximum Gasteiger partial charge on any atom is 0.231 e. The molecule has 0 spiro atoms. The molecule has 0 saturated carbocycles. The molecule has 1 amide bonds. The van der Waals surface area contributed by atoms with Crippen LogP contribution in [0.3, 0.4) is 0 Å². The Bertz CT molecular complexity index is 731. The molecule has 0 fully saturated rings. The number of aromatic amines is 1. The molecule has 5 heteroatoms. The zero-order valence-electron chi connectivity index (χ0n) is 10.6. The molecular weight excluding hydrogens is 254 g/mol. The lowest BCUT2D eigenvalue weighted by molar-refractivity contribution is -0.115. The monoisotopic (exact) mass is 267 g/mol. The molecule has 2 aromatic carbocycles. The number of imidazole rings is 1. The minimum atomic E-state index is -0.186. The maximum absolute atomic E-state index is 11.9. The molecule has 0 radical (unpaired) electrons. The third-order valence-corrected chi connectivity index (χ3v) is 2.92. The lowest BCUT2D eigenvalue weighted by Gasteiger charge is -2.02. The molecule has 0 aliphatic carbocycles. The van der Waals surface area contributed by atoms with Gasteiger partial charge < -0.3 is 10.1 Å². The van der Waals surface area contributed by atoms with E-state index < -0.39 is 0 Å². The number of para-hydroxylation sites is 2. The number of aromatic nitrogens is 2. The SMILES string of the molecule is O=C(Cc1cccc(O)c1)Nc1nc2ccccc2[nH]1. The van der Waals surface area contributed by atoms with Crippen LogP contribution in [0.2, 0.25) is 0 Å². The molecule has 0 atom stereocenters. The summed E-state index contributed by atoms with van der Waals surface area (Å²) in [4.78, 5) is 19.2. The van der Waals surface area contributed by atoms with Crippen LogP contribution in [0.15, 0.2) is 48.5 Å². The van der Waals surface area contributed by atoms with Crippen LogP contribution in [-0.2, 0) is 11.2 Å². The summed E-state index contributed by atoms with van der Waals surface area (Å²) >= 11 is 0. The fraction of sp³-hybridized carbons (Fsp3) is 0.0667. The van der Waals surface area contributed by atoms with E-state index in [1.807, 2.05) is 24.3 Å². The highest BCUT2D eigenvalue weighted by molar-refractivity contribution is 5.92. The lowest BCUT2D eigenvalue weighted by atomic mass is 10.1. The van der Waals surface area contributed by atoms with Crippen molar-refractivity contribution in [1.82, 2.24) is 9.97 Å². The first kappa shape index (κ1) is 12.2. The van der Waals surface area contributed by atoms with Gasteiger partial charge in [-0.25, -0.2) is 4.98 Å². The molecular formula is C15H13N3O2. The number of aromatic hydroxyl groups is 1. The van der Waals surface area contributed by atoms with Gasteiger partial charge in [-0.05, 0) is 29.8 Å². The van der Waals surface area contributed by atoms with Crippen LogP contribution in [0.5, 0.6) is 5.75 Å². The highest BCUT2D eigenvalue weighted by atomic mass is 16.3. The first-order chi connectivity index (χ1) is 9.70. The summed E-state index contributed by atoms with van der Waals surface area (Å²) in [5, 5.41) is 12.1. The van der Waals surface area contributed by atoms with E-state index in [0.29, 0.717) is 5.95 Å². The van der Waals surface area contributed by atoms with Gasteiger partial charge in [-0.15, -0.1) is 0 Å². The molecule has 3 rings (SSSR count). The summed E-state index contributed by atoms with van der Waals surface area (Å²) in [6, 6.07) is 14.2. The first-order valence-electron chi connectivity index (χ1n) is 6.23. The lowest BCUT2D eigenvalue weighted by Crippen LogP contribution is -2.15. The summed E-state index contributed by atoms with van der Waals surface area (Å²) in [6.45, 7) is 0. The Kier molecular flexibility index (Phi) is 3.09. The van der Waals surface area contributed by atoms with Crippen LogP contribution >= 0.6 is 0 Å². The Morgan fingerprint density at radius 2 is 2.05 bits per heavy atom. The van der Waals surface area contributed by atoms with Crippen LogP contribution < -0.4 is 5.32 Å². The molecule has 0 unspecified atom stereocenters. The van der Waals surface area contributed by atoms with Gasteiger partial charge in [0.2, 0.25) is 11.9 Å². The largest absolute Gasteiger partial charge is 0.508 e. The Morgan fingerprint density at radius 1 is 1.20 bits per heavy atom. The number of hydrogen-bond donors (Lipinski definition) is 3. The molecule has 3 N–H and O–H groups in total. The van der Waals surface area contributed by atoms with Crippen molar-refractivity contribution in [3.8, 4) is 5.75 Å². The molecule has 0 bridgehead atoms. The predicted molar refractivity (Wildman–Crippen MR) is 76.5 cm³/mol. The van der Waals surface area contributed by atoms with Crippen molar-refractivity contribution in [3.05, 3.63) is 54.1 Å². The van der Waals surface area contributed by atoms with Crippen LogP contribution in [0, 0.1) is 0 Å². The van der Waals surface area contributed by atoms with Crippen molar-refractivity contribution in [1.29, 1.82) is 0 Å². The van der Waals surface area contributed by atoms with Crippen molar-refractivity contribution in [2.75, 3.05) is 5.32 Å². The fourth-order valence-corrected chi connectivity index (χ4v) is 2.04. The van der Waals surface area contributed by atoms with Crippen molar-refractivity contribution in [3.63, 3.8) is 0 Å². The number of nitrogens with one attached hydrogen (secondary N) is 2. The number of carbonyl (C=O) groups excluding carboxylic acids is 1. The van der Waals surface area contributed by atoms with Crippen LogP contribution in [-0.4, -0.2) is 21.0 Å². The number of nitrogens with zero attached hydrogens (tertiary/aromatic N) is 1. The van der Waals surface area contributed by atoms with Crippen molar-refractivity contribution < 1.29 is 9.90 Å². The third-order valence-electron chi connectivity index (χ3n) is 2.92. The van der Waals surface area contributed by atoms with Gasteiger partial charge in [0.15, 0.2) is 0 Å². The molecule has 1 heterocycles. The number of hydrogen-bond acceptors (Lipinski definition) is 3. The molecule has 0 saturated heterocycles. The first-order valence-corrected chi connectivity index (χ1v) is 6.23. The molecule has 20 heavy (non-hydrogen) atoms. The Hall–Kier alpha value is -2.82. The molecule has 1 aromatic heterocycles. The number of phenolic OH excluding ortho intramolecular Hbond substituents is 1. The van der Waals surface area contributed by atoms with Crippen LogP contribution in [0.4, 0.5) is 5.95 Å². The van der Waals surface area contributed by atoms with Gasteiger partial charge >= 0.3 is 0 Å². The van der Waals surface area contributed by atoms with Gasteiger partial charge in [0.25, 0.3) is 0 Å². The number of fused-ring (bicyclic) bond motifs is 1. The number of anilines is 1. The van der Waals surface area contributed by atoms with E-state index >= 15 is 0 Å². The third kappa shape index (κ3) is 2.61. The van der Waals surface area contributed by atoms with E-state index in [1.54, 1.807) is 24.3 Å². The van der Waals surface area contributed by atoms with E-state index in [4.69, 9.17) is 0 Å². The number of amides is 1. The van der Waals surface area contributed by atoms with Crippen LogP contribution in [0.1, 0.15) is 5.56 Å². The van der Waals surface area contributed by atoms with Gasteiger partial charge in [0.1, 0.15) is 5.75 Å². The van der Waals surface area contributed by atoms with Gasteiger partial charge in [-0.3, -0.25) is 10.1 Å². The highest BCUT2D eigenvalue weighted by Gasteiger charge is 2.08. The number of benzene rings is 2. The van der Waals surface area contributed by atoms with E-state index in [2.05, 4.69) is 15.3 Å². The summed E-state index contributed by atoms with van der Waals surface area (Å²) in [5.74, 6) is 0.394. The summed E-state index contributed by atoms with van der Waals surface area (Å²) in [5.41, 5.74) is 2.43. The van der Waals surface area contributed by atoms with Gasteiger partial charge in [-0.2, -0.15) is 0 Å². The highest BCUT2D eigenvalue weighted by Crippen LogP contribution is 2.14. The number of rotatable bonds is 3. The van der Waals surface area contributed by atoms with Gasteiger partial charge in [-0.1, -0.05) is 24.3 Å². The smallest absolute Gasteiger partial charge is 0.231 e. The molecule has 0 aliphatic rings. The van der Waals surface area contributed by atoms with E-state index in [0.717, 1.165) is 16.6 Å². The molecule has 100 valence electrons.